The minimum absolute atomic E-state index is 0. The van der Waals surface area contributed by atoms with Crippen LogP contribution in [0.5, 0.6) is 0 Å². The summed E-state index contributed by atoms with van der Waals surface area (Å²) in [7, 11) is 0. The molecule has 2 unspecified atom stereocenters. The van der Waals surface area contributed by atoms with Crippen molar-refractivity contribution in [2.75, 3.05) is 13.1 Å². The van der Waals surface area contributed by atoms with Gasteiger partial charge in [-0.3, -0.25) is 4.79 Å². The van der Waals surface area contributed by atoms with Crippen molar-refractivity contribution < 1.29 is 18.0 Å². The highest BCUT2D eigenvalue weighted by Gasteiger charge is 2.38. The van der Waals surface area contributed by atoms with Gasteiger partial charge in [0.05, 0.1) is 11.0 Å². The number of rotatable bonds is 3. The number of benzene rings is 1. The number of fused-ring (bicyclic) bond motifs is 1. The SMILES string of the molecule is CC1CCN(C(=O)c2ccc3c(c2)nc(C(F)(F)F)n3C(C)C)C(CN)C1.Cl.Cl. The number of hydrogen-bond acceptors (Lipinski definition) is 3. The third-order valence-electron chi connectivity index (χ3n) is 5.22. The van der Waals surface area contributed by atoms with Crippen molar-refractivity contribution in [2.45, 2.75) is 51.9 Å². The normalized spacial score (nSPS) is 19.8. The Hall–Kier alpha value is -1.51. The van der Waals surface area contributed by atoms with E-state index in [9.17, 15) is 18.0 Å². The summed E-state index contributed by atoms with van der Waals surface area (Å²) in [6.07, 6.45) is -2.82. The number of imidazole rings is 1. The molecule has 1 fully saturated rings. The summed E-state index contributed by atoms with van der Waals surface area (Å²) in [5.74, 6) is -0.642. The van der Waals surface area contributed by atoms with Gasteiger partial charge in [0.1, 0.15) is 0 Å². The predicted octanol–water partition coefficient (Wildman–Crippen LogP) is 4.68. The van der Waals surface area contributed by atoms with Gasteiger partial charge in [0.2, 0.25) is 5.82 Å². The molecule has 29 heavy (non-hydrogen) atoms. The number of hydrogen-bond donors (Lipinski definition) is 1. The van der Waals surface area contributed by atoms with E-state index in [-0.39, 0.29) is 42.3 Å². The van der Waals surface area contributed by atoms with Gasteiger partial charge in [-0.15, -0.1) is 24.8 Å². The molecule has 2 atom stereocenters. The third kappa shape index (κ3) is 4.98. The molecule has 0 spiro atoms. The van der Waals surface area contributed by atoms with E-state index in [1.807, 2.05) is 0 Å². The monoisotopic (exact) mass is 454 g/mol. The zero-order chi connectivity index (χ0) is 19.9. The summed E-state index contributed by atoms with van der Waals surface area (Å²) >= 11 is 0. The maximum atomic E-state index is 13.4. The van der Waals surface area contributed by atoms with E-state index >= 15 is 0 Å². The van der Waals surface area contributed by atoms with Gasteiger partial charge >= 0.3 is 6.18 Å². The molecule has 1 amide bonds. The third-order valence-corrected chi connectivity index (χ3v) is 5.22. The number of nitrogens with two attached hydrogens (primary N) is 1. The quantitative estimate of drug-likeness (QED) is 0.731. The van der Waals surface area contributed by atoms with Crippen LogP contribution in [-0.4, -0.2) is 39.5 Å². The molecule has 3 rings (SSSR count). The summed E-state index contributed by atoms with van der Waals surface area (Å²) in [5.41, 5.74) is 6.73. The minimum atomic E-state index is -4.55. The summed E-state index contributed by atoms with van der Waals surface area (Å²) in [4.78, 5) is 18.5. The molecular formula is C19H27Cl2F3N4O. The van der Waals surface area contributed by atoms with Gasteiger partial charge in [-0.05, 0) is 50.8 Å². The van der Waals surface area contributed by atoms with Crippen LogP contribution >= 0.6 is 24.8 Å². The van der Waals surface area contributed by atoms with Crippen molar-refractivity contribution in [1.82, 2.24) is 14.5 Å². The molecule has 164 valence electrons. The second-order valence-electron chi connectivity index (χ2n) is 7.62. The highest BCUT2D eigenvalue weighted by atomic mass is 35.5. The number of likely N-dealkylation sites (tertiary alicyclic amines) is 1. The van der Waals surface area contributed by atoms with Crippen LogP contribution in [0, 0.1) is 5.92 Å². The first-order valence-electron chi connectivity index (χ1n) is 9.23. The van der Waals surface area contributed by atoms with Gasteiger partial charge < -0.3 is 15.2 Å². The standard InChI is InChI=1S/C19H25F3N4O.2ClH/c1-11(2)26-16-5-4-13(9-15(16)24-18(26)19(20,21)22)17(27)25-7-6-12(3)8-14(25)10-23;;/h4-5,9,11-12,14H,6-8,10,23H2,1-3H3;2*1H. The molecule has 1 aliphatic rings. The van der Waals surface area contributed by atoms with Gasteiger partial charge in [0, 0.05) is 30.7 Å². The largest absolute Gasteiger partial charge is 0.449 e. The van der Waals surface area contributed by atoms with Crippen molar-refractivity contribution in [1.29, 1.82) is 0 Å². The van der Waals surface area contributed by atoms with E-state index in [0.29, 0.717) is 30.1 Å². The molecule has 1 aliphatic heterocycles. The Morgan fingerprint density at radius 3 is 2.52 bits per heavy atom. The smallest absolute Gasteiger partial charge is 0.334 e. The number of carbonyl (C=O) groups is 1. The zero-order valence-electron chi connectivity index (χ0n) is 16.6. The molecule has 0 bridgehead atoms. The average molecular weight is 455 g/mol. The van der Waals surface area contributed by atoms with Gasteiger partial charge in [-0.1, -0.05) is 6.92 Å². The van der Waals surface area contributed by atoms with E-state index in [0.717, 1.165) is 17.4 Å². The fourth-order valence-electron chi connectivity index (χ4n) is 3.86. The van der Waals surface area contributed by atoms with Crippen LogP contribution in [0.15, 0.2) is 18.2 Å². The van der Waals surface area contributed by atoms with Crippen LogP contribution in [0.3, 0.4) is 0 Å². The first-order valence-corrected chi connectivity index (χ1v) is 9.23. The van der Waals surface area contributed by atoms with E-state index in [1.165, 1.54) is 6.07 Å². The maximum Gasteiger partial charge on any atom is 0.449 e. The number of halogens is 5. The first-order chi connectivity index (χ1) is 12.6. The number of nitrogens with zero attached hydrogens (tertiary/aromatic N) is 3. The van der Waals surface area contributed by atoms with Gasteiger partial charge in [-0.2, -0.15) is 13.2 Å². The second kappa shape index (κ2) is 9.53. The van der Waals surface area contributed by atoms with Crippen LogP contribution in [0.2, 0.25) is 0 Å². The maximum absolute atomic E-state index is 13.4. The molecule has 1 saturated heterocycles. The molecule has 0 aliphatic carbocycles. The van der Waals surface area contributed by atoms with E-state index < -0.39 is 18.0 Å². The number of aromatic nitrogens is 2. The fourth-order valence-corrected chi connectivity index (χ4v) is 3.86. The highest BCUT2D eigenvalue weighted by molar-refractivity contribution is 5.97. The van der Waals surface area contributed by atoms with Crippen molar-refractivity contribution in [2.24, 2.45) is 11.7 Å². The Labute approximate surface area is 180 Å². The highest BCUT2D eigenvalue weighted by Crippen LogP contribution is 2.34. The topological polar surface area (TPSA) is 64.2 Å². The van der Waals surface area contributed by atoms with Gasteiger partial charge in [0.25, 0.3) is 5.91 Å². The number of carbonyl (C=O) groups excluding carboxylic acids is 1. The van der Waals surface area contributed by atoms with E-state index in [1.54, 1.807) is 30.9 Å². The second-order valence-corrected chi connectivity index (χ2v) is 7.62. The summed E-state index contributed by atoms with van der Waals surface area (Å²) in [5, 5.41) is 0. The number of alkyl halides is 3. The molecule has 0 saturated carbocycles. The van der Waals surface area contributed by atoms with Crippen LogP contribution in [0.25, 0.3) is 11.0 Å². The molecule has 2 aromatic rings. The molecule has 0 radical (unpaired) electrons. The minimum Gasteiger partial charge on any atom is -0.334 e. The lowest BCUT2D eigenvalue weighted by molar-refractivity contribution is -0.147. The van der Waals surface area contributed by atoms with E-state index in [2.05, 4.69) is 11.9 Å². The Kier molecular flexibility index (Phi) is 8.39. The van der Waals surface area contributed by atoms with Crippen LogP contribution in [-0.2, 0) is 6.18 Å². The number of piperidine rings is 1. The summed E-state index contributed by atoms with van der Waals surface area (Å²) in [6, 6.07) is 4.14. The average Bonchev–Trinajstić information content (AvgIpc) is 3.00. The lowest BCUT2D eigenvalue weighted by atomic mass is 9.92. The van der Waals surface area contributed by atoms with Gasteiger partial charge in [-0.25, -0.2) is 4.98 Å². The lowest BCUT2D eigenvalue weighted by Crippen LogP contribution is -2.49. The Bertz CT molecular complexity index is 854. The molecule has 1 aromatic heterocycles. The fraction of sp³-hybridized carbons (Fsp3) is 0.579. The summed E-state index contributed by atoms with van der Waals surface area (Å²) in [6.45, 7) is 6.47. The van der Waals surface area contributed by atoms with Crippen molar-refractivity contribution in [3.63, 3.8) is 0 Å². The van der Waals surface area contributed by atoms with Crippen molar-refractivity contribution >= 4 is 41.8 Å². The lowest BCUT2D eigenvalue weighted by Gasteiger charge is -2.38. The molecule has 1 aromatic carbocycles. The van der Waals surface area contributed by atoms with Crippen molar-refractivity contribution in [3.8, 4) is 0 Å². The summed E-state index contributed by atoms with van der Waals surface area (Å²) < 4.78 is 41.2. The zero-order valence-corrected chi connectivity index (χ0v) is 18.2. The predicted molar refractivity (Wildman–Crippen MR) is 112 cm³/mol. The van der Waals surface area contributed by atoms with Crippen LogP contribution in [0.4, 0.5) is 13.2 Å². The number of amides is 1. The molecular weight excluding hydrogens is 428 g/mol. The molecule has 2 heterocycles. The van der Waals surface area contributed by atoms with Crippen LogP contribution in [0.1, 0.15) is 55.8 Å². The Morgan fingerprint density at radius 2 is 1.97 bits per heavy atom. The van der Waals surface area contributed by atoms with Gasteiger partial charge in [0.15, 0.2) is 0 Å². The van der Waals surface area contributed by atoms with E-state index in [4.69, 9.17) is 5.73 Å². The Balaban J connectivity index is 0.00000210. The first kappa shape index (κ1) is 25.5. The molecule has 2 N–H and O–H groups in total. The Morgan fingerprint density at radius 1 is 1.31 bits per heavy atom. The molecule has 5 nitrogen and oxygen atoms in total. The molecule has 10 heteroatoms. The van der Waals surface area contributed by atoms with Crippen LogP contribution < -0.4 is 5.73 Å². The van der Waals surface area contributed by atoms with Crippen molar-refractivity contribution in [3.05, 3.63) is 29.6 Å².